The van der Waals surface area contributed by atoms with Crippen LogP contribution in [0.5, 0.6) is 0 Å². The van der Waals surface area contributed by atoms with Gasteiger partial charge in [0.1, 0.15) is 54.9 Å². The Labute approximate surface area is 468 Å². The second-order valence-electron chi connectivity index (χ2n) is 22.2. The second-order valence-corrected chi connectivity index (χ2v) is 22.2. The molecule has 0 radical (unpaired) electrons. The van der Waals surface area contributed by atoms with Gasteiger partial charge in [-0.2, -0.15) is 0 Å². The van der Waals surface area contributed by atoms with E-state index in [9.17, 15) is 40.5 Å². The summed E-state index contributed by atoms with van der Waals surface area (Å²) in [6, 6.07) is 0. The van der Waals surface area contributed by atoms with Crippen LogP contribution in [0.4, 0.5) is 0 Å². The number of aliphatic hydroxyl groups excluding tert-OH is 7. The number of ether oxygens (including phenoxy) is 6. The molecule has 0 aromatic rings. The number of hydrogen-bond donors (Lipinski definition) is 7. The zero-order valence-electron chi connectivity index (χ0n) is 48.7. The van der Waals surface area contributed by atoms with E-state index in [2.05, 4.69) is 50.3 Å². The molecule has 2 heterocycles. The average molecular weight is 1100 g/mol. The van der Waals surface area contributed by atoms with E-state index in [-0.39, 0.29) is 25.6 Å². The summed E-state index contributed by atoms with van der Waals surface area (Å²) >= 11 is 0. The summed E-state index contributed by atoms with van der Waals surface area (Å²) in [5.41, 5.74) is 0. The molecule has 14 nitrogen and oxygen atoms in total. The first kappa shape index (κ1) is 71.3. The fourth-order valence-corrected chi connectivity index (χ4v) is 10.1. The van der Waals surface area contributed by atoms with E-state index in [0.717, 1.165) is 57.8 Å². The molecule has 0 amide bonds. The molecule has 11 unspecified atom stereocenters. The SMILES string of the molecule is CCCCCCC/C=C\C/C=C\C/C=C\CCCCCCCCCCCCC(=O)OC(COCCCCCCCCCCCCCCCCCCCC)COC1OC(COC2OC(CO)C(O)C(O)C2O)C(O)C(O)C1O. The van der Waals surface area contributed by atoms with Gasteiger partial charge in [0.05, 0.1) is 26.4 Å². The molecule has 0 bridgehead atoms. The quantitative estimate of drug-likeness (QED) is 0.0172. The van der Waals surface area contributed by atoms with Crippen LogP contribution in [0.1, 0.15) is 258 Å². The number of allylic oxidation sites excluding steroid dienone is 6. The van der Waals surface area contributed by atoms with Gasteiger partial charge >= 0.3 is 5.97 Å². The first-order valence-electron chi connectivity index (χ1n) is 31.6. The van der Waals surface area contributed by atoms with E-state index in [4.69, 9.17) is 28.4 Å². The van der Waals surface area contributed by atoms with Crippen LogP contribution in [0.2, 0.25) is 0 Å². The van der Waals surface area contributed by atoms with Gasteiger partial charge < -0.3 is 64.2 Å². The summed E-state index contributed by atoms with van der Waals surface area (Å²) in [4.78, 5) is 13.1. The van der Waals surface area contributed by atoms with Crippen LogP contribution in [-0.4, -0.2) is 142 Å². The van der Waals surface area contributed by atoms with Gasteiger partial charge in [-0.1, -0.05) is 237 Å². The van der Waals surface area contributed by atoms with Gasteiger partial charge in [-0.05, 0) is 51.4 Å². The molecule has 0 aromatic heterocycles. The molecule has 0 aliphatic carbocycles. The minimum atomic E-state index is -1.71. The van der Waals surface area contributed by atoms with Gasteiger partial charge in [0, 0.05) is 13.0 Å². The summed E-state index contributed by atoms with van der Waals surface area (Å²) in [6.45, 7) is 3.73. The van der Waals surface area contributed by atoms with Crippen molar-refractivity contribution in [2.24, 2.45) is 0 Å². The van der Waals surface area contributed by atoms with E-state index >= 15 is 0 Å². The Hall–Kier alpha value is -1.79. The lowest BCUT2D eigenvalue weighted by atomic mass is 9.98. The van der Waals surface area contributed by atoms with Crippen LogP contribution in [0.3, 0.4) is 0 Å². The van der Waals surface area contributed by atoms with Crippen LogP contribution < -0.4 is 0 Å². The van der Waals surface area contributed by atoms with E-state index in [1.54, 1.807) is 0 Å². The predicted molar refractivity (Wildman–Crippen MR) is 307 cm³/mol. The van der Waals surface area contributed by atoms with Crippen LogP contribution in [-0.2, 0) is 33.2 Å². The van der Waals surface area contributed by atoms with Crippen molar-refractivity contribution in [2.75, 3.05) is 33.0 Å². The fraction of sp³-hybridized carbons (Fsp3) is 0.889. The number of esters is 1. The standard InChI is InChI=1S/C63H116O14/c1-3-5-7-9-11-13-15-17-19-21-23-24-25-26-27-28-29-30-32-34-36-38-40-42-44-46-55(65)75-52(49-72-47-45-43-41-39-37-35-33-31-22-20-18-16-14-12-10-8-6-4-2)50-73-62-61(71)59(69)57(67)54(77-62)51-74-63-60(70)58(68)56(66)53(48-64)76-63/h15,17,21,23,25-26,52-54,56-64,66-71H,3-14,16,18-20,22,24,27-51H2,1-2H3/b17-15-,23-21-,26-25-. The van der Waals surface area contributed by atoms with E-state index in [1.165, 1.54) is 173 Å². The zero-order chi connectivity index (χ0) is 55.8. The molecule has 11 atom stereocenters. The Morgan fingerprint density at radius 2 is 0.805 bits per heavy atom. The minimum absolute atomic E-state index is 0.0638. The Morgan fingerprint density at radius 1 is 0.429 bits per heavy atom. The van der Waals surface area contributed by atoms with E-state index in [0.29, 0.717) is 13.0 Å². The van der Waals surface area contributed by atoms with Crippen LogP contribution in [0.15, 0.2) is 36.5 Å². The maximum absolute atomic E-state index is 13.1. The largest absolute Gasteiger partial charge is 0.457 e. The molecule has 0 spiro atoms. The molecule has 452 valence electrons. The number of unbranched alkanes of at least 4 members (excludes halogenated alkanes) is 32. The summed E-state index contributed by atoms with van der Waals surface area (Å²) in [6.07, 6.45) is 43.5. The molecule has 2 saturated heterocycles. The van der Waals surface area contributed by atoms with Gasteiger partial charge in [-0.3, -0.25) is 4.79 Å². The zero-order valence-corrected chi connectivity index (χ0v) is 48.7. The number of carbonyl (C=O) groups is 1. The van der Waals surface area contributed by atoms with Gasteiger partial charge in [0.15, 0.2) is 12.6 Å². The smallest absolute Gasteiger partial charge is 0.306 e. The lowest BCUT2D eigenvalue weighted by Gasteiger charge is -2.42. The molecule has 2 rings (SSSR count). The summed E-state index contributed by atoms with van der Waals surface area (Å²) in [7, 11) is 0. The number of carbonyl (C=O) groups excluding carboxylic acids is 1. The van der Waals surface area contributed by atoms with Crippen molar-refractivity contribution in [1.82, 2.24) is 0 Å². The van der Waals surface area contributed by atoms with E-state index < -0.39 is 80.7 Å². The minimum Gasteiger partial charge on any atom is -0.457 e. The highest BCUT2D eigenvalue weighted by molar-refractivity contribution is 5.69. The van der Waals surface area contributed by atoms with Crippen molar-refractivity contribution >= 4 is 5.97 Å². The van der Waals surface area contributed by atoms with Crippen molar-refractivity contribution in [3.63, 3.8) is 0 Å². The first-order valence-corrected chi connectivity index (χ1v) is 31.6. The first-order chi connectivity index (χ1) is 37.6. The Kier molecular flexibility index (Phi) is 46.3. The lowest BCUT2D eigenvalue weighted by molar-refractivity contribution is -0.332. The number of aliphatic hydroxyl groups is 7. The fourth-order valence-electron chi connectivity index (χ4n) is 10.1. The molecular weight excluding hydrogens is 981 g/mol. The highest BCUT2D eigenvalue weighted by Gasteiger charge is 2.47. The maximum Gasteiger partial charge on any atom is 0.306 e. The lowest BCUT2D eigenvalue weighted by Crippen LogP contribution is -2.61. The van der Waals surface area contributed by atoms with Crippen molar-refractivity contribution in [3.8, 4) is 0 Å². The number of rotatable bonds is 52. The van der Waals surface area contributed by atoms with Crippen molar-refractivity contribution in [3.05, 3.63) is 36.5 Å². The summed E-state index contributed by atoms with van der Waals surface area (Å²) in [5, 5.41) is 72.4. The highest BCUT2D eigenvalue weighted by atomic mass is 16.7. The average Bonchev–Trinajstić information content (AvgIpc) is 3.43. The van der Waals surface area contributed by atoms with Crippen molar-refractivity contribution in [2.45, 2.75) is 325 Å². The Morgan fingerprint density at radius 3 is 1.26 bits per heavy atom. The molecule has 14 heteroatoms. The third-order valence-electron chi connectivity index (χ3n) is 15.2. The molecule has 2 aliphatic rings. The Bertz CT molecular complexity index is 1410. The van der Waals surface area contributed by atoms with Crippen LogP contribution in [0, 0.1) is 0 Å². The molecule has 0 saturated carbocycles. The van der Waals surface area contributed by atoms with Crippen LogP contribution >= 0.6 is 0 Å². The summed E-state index contributed by atoms with van der Waals surface area (Å²) < 4.78 is 34.5. The topological polar surface area (TPSA) is 214 Å². The van der Waals surface area contributed by atoms with Crippen molar-refractivity contribution < 1.29 is 69.0 Å². The molecule has 7 N–H and O–H groups in total. The second kappa shape index (κ2) is 50.0. The third-order valence-corrected chi connectivity index (χ3v) is 15.2. The molecule has 0 aromatic carbocycles. The third kappa shape index (κ3) is 36.3. The Balaban J connectivity index is 1.68. The molecular formula is C63H116O14. The van der Waals surface area contributed by atoms with Gasteiger partial charge in [-0.15, -0.1) is 0 Å². The predicted octanol–water partition coefficient (Wildman–Crippen LogP) is 12.1. The number of hydrogen-bond acceptors (Lipinski definition) is 14. The molecule has 2 fully saturated rings. The van der Waals surface area contributed by atoms with Gasteiger partial charge in [0.2, 0.25) is 0 Å². The monoisotopic (exact) mass is 1100 g/mol. The van der Waals surface area contributed by atoms with Crippen LogP contribution in [0.25, 0.3) is 0 Å². The normalized spacial score (nSPS) is 24.5. The van der Waals surface area contributed by atoms with Crippen molar-refractivity contribution in [1.29, 1.82) is 0 Å². The van der Waals surface area contributed by atoms with Gasteiger partial charge in [-0.25, -0.2) is 0 Å². The molecule has 2 aliphatic heterocycles. The molecule has 77 heavy (non-hydrogen) atoms. The van der Waals surface area contributed by atoms with E-state index in [1.807, 2.05) is 0 Å². The van der Waals surface area contributed by atoms with Gasteiger partial charge in [0.25, 0.3) is 0 Å². The highest BCUT2D eigenvalue weighted by Crippen LogP contribution is 2.27. The maximum atomic E-state index is 13.1. The summed E-state index contributed by atoms with van der Waals surface area (Å²) in [5.74, 6) is -0.375.